The van der Waals surface area contributed by atoms with Gasteiger partial charge in [0.2, 0.25) is 0 Å². The third-order valence-electron chi connectivity index (χ3n) is 1.49. The summed E-state index contributed by atoms with van der Waals surface area (Å²) >= 11 is 7.30. The normalized spacial score (nSPS) is 13.2. The van der Waals surface area contributed by atoms with E-state index in [0.717, 1.165) is 9.21 Å². The molecule has 0 fully saturated rings. The average molecular weight is 206 g/mol. The summed E-state index contributed by atoms with van der Waals surface area (Å²) in [6.07, 6.45) is 0.00694. The highest BCUT2D eigenvalue weighted by molar-refractivity contribution is 7.16. The Balaban J connectivity index is 2.66. The van der Waals surface area contributed by atoms with Crippen LogP contribution in [0.25, 0.3) is 0 Å². The van der Waals surface area contributed by atoms with E-state index in [1.54, 1.807) is 0 Å². The maximum absolute atomic E-state index is 5.78. The van der Waals surface area contributed by atoms with Crippen LogP contribution in [0.5, 0.6) is 0 Å². The second-order valence-corrected chi connectivity index (χ2v) is 4.07. The number of nitrogens with two attached hydrogens (primary N) is 1. The Morgan fingerprint density at radius 3 is 2.83 bits per heavy atom. The topological polar surface area (TPSA) is 35.2 Å². The lowest BCUT2D eigenvalue weighted by molar-refractivity contribution is 0.0714. The molecule has 0 aliphatic rings. The Hall–Kier alpha value is -0.0900. The van der Waals surface area contributed by atoms with Crippen LogP contribution in [0.1, 0.15) is 17.9 Å². The van der Waals surface area contributed by atoms with Gasteiger partial charge in [-0.15, -0.1) is 11.3 Å². The Bertz CT molecular complexity index is 239. The Morgan fingerprint density at radius 2 is 2.42 bits per heavy atom. The standard InChI is InChI=1S/C8H12ClNOS/c1-2-11-6(5-10)7-3-4-8(9)12-7/h3-4,6H,2,5,10H2,1H3. The summed E-state index contributed by atoms with van der Waals surface area (Å²) in [6, 6.07) is 3.82. The minimum Gasteiger partial charge on any atom is -0.372 e. The molecule has 0 aromatic carbocycles. The number of rotatable bonds is 4. The van der Waals surface area contributed by atoms with Gasteiger partial charge in [0.1, 0.15) is 6.10 Å². The molecule has 0 saturated carbocycles. The van der Waals surface area contributed by atoms with Gasteiger partial charge in [-0.1, -0.05) is 11.6 Å². The minimum atomic E-state index is 0.00694. The Kier molecular flexibility index (Phi) is 4.01. The van der Waals surface area contributed by atoms with Crippen molar-refractivity contribution in [2.45, 2.75) is 13.0 Å². The molecular weight excluding hydrogens is 194 g/mol. The van der Waals surface area contributed by atoms with Crippen molar-refractivity contribution < 1.29 is 4.74 Å². The molecule has 1 unspecified atom stereocenters. The number of thiophene rings is 1. The first kappa shape index (κ1) is 9.99. The summed E-state index contributed by atoms with van der Waals surface area (Å²) in [6.45, 7) is 3.14. The first-order valence-corrected chi connectivity index (χ1v) is 5.04. The van der Waals surface area contributed by atoms with E-state index in [-0.39, 0.29) is 6.10 Å². The summed E-state index contributed by atoms with van der Waals surface area (Å²) in [5.41, 5.74) is 5.54. The molecule has 0 radical (unpaired) electrons. The molecule has 0 bridgehead atoms. The molecule has 68 valence electrons. The predicted molar refractivity (Wildman–Crippen MR) is 52.8 cm³/mol. The Labute approximate surface area is 81.3 Å². The van der Waals surface area contributed by atoms with Crippen LogP contribution >= 0.6 is 22.9 Å². The molecule has 1 atom stereocenters. The highest BCUT2D eigenvalue weighted by atomic mass is 35.5. The molecule has 12 heavy (non-hydrogen) atoms. The van der Waals surface area contributed by atoms with Crippen LogP contribution in [0.15, 0.2) is 12.1 Å². The highest BCUT2D eigenvalue weighted by Crippen LogP contribution is 2.28. The van der Waals surface area contributed by atoms with Crippen molar-refractivity contribution in [3.8, 4) is 0 Å². The average Bonchev–Trinajstić information content (AvgIpc) is 2.47. The third-order valence-corrected chi connectivity index (χ3v) is 2.82. The van der Waals surface area contributed by atoms with Gasteiger partial charge in [0, 0.05) is 18.0 Å². The van der Waals surface area contributed by atoms with Crippen molar-refractivity contribution in [3.05, 3.63) is 21.3 Å². The Morgan fingerprint density at radius 1 is 1.67 bits per heavy atom. The van der Waals surface area contributed by atoms with Crippen molar-refractivity contribution >= 4 is 22.9 Å². The summed E-state index contributed by atoms with van der Waals surface area (Å²) in [5, 5.41) is 0. The monoisotopic (exact) mass is 205 g/mol. The minimum absolute atomic E-state index is 0.00694. The van der Waals surface area contributed by atoms with Crippen LogP contribution in [0.4, 0.5) is 0 Å². The van der Waals surface area contributed by atoms with E-state index in [9.17, 15) is 0 Å². The van der Waals surface area contributed by atoms with Crippen molar-refractivity contribution in [1.29, 1.82) is 0 Å². The van der Waals surface area contributed by atoms with Gasteiger partial charge in [-0.05, 0) is 19.1 Å². The molecule has 1 aromatic rings. The van der Waals surface area contributed by atoms with Gasteiger partial charge in [-0.25, -0.2) is 0 Å². The first-order chi connectivity index (χ1) is 5.77. The second kappa shape index (κ2) is 4.82. The lowest BCUT2D eigenvalue weighted by Crippen LogP contribution is -2.14. The predicted octanol–water partition coefficient (Wildman–Crippen LogP) is 2.44. The van der Waals surface area contributed by atoms with Crippen molar-refractivity contribution in [2.75, 3.05) is 13.2 Å². The zero-order valence-corrected chi connectivity index (χ0v) is 8.49. The lowest BCUT2D eigenvalue weighted by atomic mass is 10.3. The maximum Gasteiger partial charge on any atom is 0.104 e. The number of hydrogen-bond acceptors (Lipinski definition) is 3. The first-order valence-electron chi connectivity index (χ1n) is 3.84. The van der Waals surface area contributed by atoms with Crippen molar-refractivity contribution in [3.63, 3.8) is 0 Å². The molecule has 0 saturated heterocycles. The second-order valence-electron chi connectivity index (χ2n) is 2.32. The van der Waals surface area contributed by atoms with Gasteiger partial charge in [0.15, 0.2) is 0 Å². The summed E-state index contributed by atoms with van der Waals surface area (Å²) in [5.74, 6) is 0. The quantitative estimate of drug-likeness (QED) is 0.820. The van der Waals surface area contributed by atoms with Crippen LogP contribution in [0.3, 0.4) is 0 Å². The van der Waals surface area contributed by atoms with Crippen molar-refractivity contribution in [1.82, 2.24) is 0 Å². The summed E-state index contributed by atoms with van der Waals surface area (Å²) in [4.78, 5) is 1.10. The van der Waals surface area contributed by atoms with E-state index in [1.807, 2.05) is 19.1 Å². The fourth-order valence-corrected chi connectivity index (χ4v) is 2.09. The van der Waals surface area contributed by atoms with Crippen LogP contribution in [0, 0.1) is 0 Å². The zero-order valence-electron chi connectivity index (χ0n) is 6.92. The maximum atomic E-state index is 5.78. The van der Waals surface area contributed by atoms with Gasteiger partial charge < -0.3 is 10.5 Å². The van der Waals surface area contributed by atoms with E-state index in [1.165, 1.54) is 11.3 Å². The SMILES string of the molecule is CCOC(CN)c1ccc(Cl)s1. The molecule has 1 rings (SSSR count). The van der Waals surface area contributed by atoms with Gasteiger partial charge in [0.25, 0.3) is 0 Å². The van der Waals surface area contributed by atoms with Gasteiger partial charge in [0.05, 0.1) is 4.34 Å². The van der Waals surface area contributed by atoms with Crippen LogP contribution < -0.4 is 5.73 Å². The summed E-state index contributed by atoms with van der Waals surface area (Å²) < 4.78 is 6.20. The molecule has 1 aromatic heterocycles. The fourth-order valence-electron chi connectivity index (χ4n) is 0.969. The van der Waals surface area contributed by atoms with E-state index in [4.69, 9.17) is 22.1 Å². The van der Waals surface area contributed by atoms with Crippen LogP contribution in [-0.2, 0) is 4.74 Å². The summed E-state index contributed by atoms with van der Waals surface area (Å²) in [7, 11) is 0. The highest BCUT2D eigenvalue weighted by Gasteiger charge is 2.10. The van der Waals surface area contributed by atoms with Gasteiger partial charge in [-0.3, -0.25) is 0 Å². The third kappa shape index (κ3) is 2.45. The fraction of sp³-hybridized carbons (Fsp3) is 0.500. The van der Waals surface area contributed by atoms with Gasteiger partial charge in [-0.2, -0.15) is 0 Å². The molecular formula is C8H12ClNOS. The molecule has 2 nitrogen and oxygen atoms in total. The lowest BCUT2D eigenvalue weighted by Gasteiger charge is -2.11. The van der Waals surface area contributed by atoms with E-state index < -0.39 is 0 Å². The largest absolute Gasteiger partial charge is 0.372 e. The molecule has 2 N–H and O–H groups in total. The van der Waals surface area contributed by atoms with Crippen LogP contribution in [0.2, 0.25) is 4.34 Å². The number of hydrogen-bond donors (Lipinski definition) is 1. The number of ether oxygens (including phenoxy) is 1. The van der Waals surface area contributed by atoms with E-state index in [0.29, 0.717) is 13.2 Å². The van der Waals surface area contributed by atoms with Crippen LogP contribution in [-0.4, -0.2) is 13.2 Å². The smallest absolute Gasteiger partial charge is 0.104 e. The molecule has 0 amide bonds. The van der Waals surface area contributed by atoms with E-state index >= 15 is 0 Å². The molecule has 0 aliphatic heterocycles. The number of halogens is 1. The molecule has 1 heterocycles. The molecule has 0 aliphatic carbocycles. The zero-order chi connectivity index (χ0) is 8.97. The van der Waals surface area contributed by atoms with Gasteiger partial charge >= 0.3 is 0 Å². The van der Waals surface area contributed by atoms with Crippen molar-refractivity contribution in [2.24, 2.45) is 5.73 Å². The van der Waals surface area contributed by atoms with E-state index in [2.05, 4.69) is 0 Å². The molecule has 4 heteroatoms. The molecule has 0 spiro atoms.